The number of nitrogens with two attached hydrogens (primary N) is 1. The third-order valence-corrected chi connectivity index (χ3v) is 7.58. The minimum absolute atomic E-state index is 0.0419. The number of nitrogen functional groups attached to an aromatic ring is 1. The van der Waals surface area contributed by atoms with Crippen molar-refractivity contribution in [2.24, 2.45) is 0 Å². The number of nitriles is 1. The largest absolute Gasteiger partial charge is 0.457 e. The summed E-state index contributed by atoms with van der Waals surface area (Å²) in [6.07, 6.45) is 1.46. The average molecular weight is 560 g/mol. The number of H-pyrrole nitrogens is 1. The second kappa shape index (κ2) is 10.9. The predicted molar refractivity (Wildman–Crippen MR) is 159 cm³/mol. The number of rotatable bonds is 6. The van der Waals surface area contributed by atoms with Gasteiger partial charge in [-0.2, -0.15) is 10.4 Å². The highest BCUT2D eigenvalue weighted by Crippen LogP contribution is 2.29. The van der Waals surface area contributed by atoms with E-state index >= 15 is 0 Å². The van der Waals surface area contributed by atoms with Gasteiger partial charge in [0.2, 0.25) is 5.78 Å². The van der Waals surface area contributed by atoms with E-state index < -0.39 is 0 Å². The third kappa shape index (κ3) is 4.98. The molecule has 0 aliphatic carbocycles. The van der Waals surface area contributed by atoms with Crippen LogP contribution in [-0.4, -0.2) is 69.5 Å². The summed E-state index contributed by atoms with van der Waals surface area (Å²) >= 11 is 0. The van der Waals surface area contributed by atoms with Crippen LogP contribution < -0.4 is 10.5 Å². The molecule has 6 rings (SSSR count). The van der Waals surface area contributed by atoms with Crippen LogP contribution in [0.2, 0.25) is 0 Å². The highest BCUT2D eigenvalue weighted by molar-refractivity contribution is 6.15. The number of hydrogen-bond donors (Lipinski definition) is 2. The number of nitrogens with zero attached hydrogens (tertiary/aromatic N) is 5. The molecule has 0 bridgehead atoms. The Morgan fingerprint density at radius 1 is 0.976 bits per heavy atom. The Bertz CT molecular complexity index is 1870. The molecule has 0 unspecified atom stereocenters. The first-order valence-electron chi connectivity index (χ1n) is 13.6. The van der Waals surface area contributed by atoms with Crippen molar-refractivity contribution in [1.29, 1.82) is 5.26 Å². The normalized spacial score (nSPS) is 13.7. The summed E-state index contributed by atoms with van der Waals surface area (Å²) in [5.74, 6) is 0.987. The lowest BCUT2D eigenvalue weighted by Crippen LogP contribution is -2.47. The molecule has 3 aromatic carbocycles. The summed E-state index contributed by atoms with van der Waals surface area (Å²) in [6, 6.07) is 21.6. The van der Waals surface area contributed by atoms with Gasteiger partial charge in [-0.3, -0.25) is 9.59 Å². The van der Waals surface area contributed by atoms with Gasteiger partial charge in [0.05, 0.1) is 34.8 Å². The van der Waals surface area contributed by atoms with Gasteiger partial charge in [-0.05, 0) is 74.1 Å². The van der Waals surface area contributed by atoms with Gasteiger partial charge in [0.25, 0.3) is 5.91 Å². The number of carbonyl (C=O) groups is 2. The molecule has 1 saturated heterocycles. The molecule has 1 amide bonds. The van der Waals surface area contributed by atoms with Gasteiger partial charge in [-0.15, -0.1) is 0 Å². The van der Waals surface area contributed by atoms with Crippen LogP contribution in [0.3, 0.4) is 0 Å². The fourth-order valence-electron chi connectivity index (χ4n) is 5.21. The smallest absolute Gasteiger partial charge is 0.254 e. The number of anilines is 1. The van der Waals surface area contributed by atoms with Gasteiger partial charge in [0, 0.05) is 42.6 Å². The Balaban J connectivity index is 1.25. The van der Waals surface area contributed by atoms with Crippen molar-refractivity contribution in [1.82, 2.24) is 24.6 Å². The molecule has 1 aliphatic rings. The Kier molecular flexibility index (Phi) is 6.94. The number of piperazine rings is 1. The highest BCUT2D eigenvalue weighted by Gasteiger charge is 2.25. The zero-order chi connectivity index (χ0) is 29.4. The lowest BCUT2D eigenvalue weighted by molar-refractivity contribution is 0.0666. The Morgan fingerprint density at radius 2 is 1.74 bits per heavy atom. The Morgan fingerprint density at radius 3 is 2.50 bits per heavy atom. The molecule has 5 aromatic rings. The van der Waals surface area contributed by atoms with Crippen molar-refractivity contribution < 1.29 is 14.3 Å². The first kappa shape index (κ1) is 26.8. The minimum atomic E-state index is -0.317. The fraction of sp³-hybridized carbons (Fsp3) is 0.188. The summed E-state index contributed by atoms with van der Waals surface area (Å²) in [5, 5.41) is 14.2. The van der Waals surface area contributed by atoms with E-state index in [1.807, 2.05) is 43.1 Å². The average Bonchev–Trinajstić information content (AvgIpc) is 3.61. The molecular formula is C32H29N7O3. The summed E-state index contributed by atoms with van der Waals surface area (Å²) < 4.78 is 7.44. The standard InChI is InChI=1S/C32H29N7O3/c1-20-15-23(42-22-6-3-5-21(16-22)18-33)9-10-29(20)39-31(34)26(19-35-39)30(40)28-17-25-24(7-4-8-27(25)36-28)32(41)38-13-11-37(2)12-14-38/h3-10,15-17,19,36H,11-14,34H2,1-2H3. The number of aryl methyl sites for hydroxylation is 1. The summed E-state index contributed by atoms with van der Waals surface area (Å²) in [4.78, 5) is 34.1. The maximum atomic E-state index is 13.6. The van der Waals surface area contributed by atoms with Gasteiger partial charge in [0.1, 0.15) is 17.3 Å². The molecule has 3 heterocycles. The van der Waals surface area contributed by atoms with E-state index in [1.54, 1.807) is 42.5 Å². The topological polar surface area (TPSA) is 133 Å². The lowest BCUT2D eigenvalue weighted by Gasteiger charge is -2.32. The number of aromatic amines is 1. The van der Waals surface area contributed by atoms with Crippen molar-refractivity contribution in [3.63, 3.8) is 0 Å². The van der Waals surface area contributed by atoms with Crippen LogP contribution in [0, 0.1) is 18.3 Å². The quantitative estimate of drug-likeness (QED) is 0.292. The number of benzene rings is 3. The number of ether oxygens (including phenoxy) is 1. The van der Waals surface area contributed by atoms with Crippen LogP contribution >= 0.6 is 0 Å². The molecule has 42 heavy (non-hydrogen) atoms. The third-order valence-electron chi connectivity index (χ3n) is 7.58. The van der Waals surface area contributed by atoms with E-state index in [0.29, 0.717) is 58.0 Å². The second-order valence-corrected chi connectivity index (χ2v) is 10.4. The van der Waals surface area contributed by atoms with Crippen molar-refractivity contribution in [3.8, 4) is 23.3 Å². The molecule has 1 aliphatic heterocycles. The van der Waals surface area contributed by atoms with Crippen LogP contribution in [-0.2, 0) is 0 Å². The lowest BCUT2D eigenvalue weighted by atomic mass is 10.1. The molecule has 10 heteroatoms. The van der Waals surface area contributed by atoms with E-state index in [-0.39, 0.29) is 23.1 Å². The molecule has 10 nitrogen and oxygen atoms in total. The van der Waals surface area contributed by atoms with Crippen molar-refractivity contribution in [2.45, 2.75) is 6.92 Å². The van der Waals surface area contributed by atoms with Crippen molar-refractivity contribution in [2.75, 3.05) is 39.0 Å². The zero-order valence-corrected chi connectivity index (χ0v) is 23.3. The van der Waals surface area contributed by atoms with Gasteiger partial charge in [-0.1, -0.05) is 12.1 Å². The molecule has 1 fully saturated rings. The number of nitrogens with one attached hydrogen (secondary N) is 1. The minimum Gasteiger partial charge on any atom is -0.457 e. The predicted octanol–water partition coefficient (Wildman–Crippen LogP) is 4.53. The summed E-state index contributed by atoms with van der Waals surface area (Å²) in [5.41, 5.74) is 10.3. The van der Waals surface area contributed by atoms with Crippen molar-refractivity contribution in [3.05, 3.63) is 101 Å². The van der Waals surface area contributed by atoms with Gasteiger partial charge in [0.15, 0.2) is 0 Å². The summed E-state index contributed by atoms with van der Waals surface area (Å²) in [7, 11) is 2.05. The highest BCUT2D eigenvalue weighted by atomic mass is 16.5. The second-order valence-electron chi connectivity index (χ2n) is 10.4. The number of amides is 1. The van der Waals surface area contributed by atoms with Crippen LogP contribution in [0.15, 0.2) is 72.9 Å². The molecule has 0 spiro atoms. The maximum absolute atomic E-state index is 13.6. The molecule has 0 atom stereocenters. The van der Waals surface area contributed by atoms with Gasteiger partial charge in [-0.25, -0.2) is 4.68 Å². The maximum Gasteiger partial charge on any atom is 0.254 e. The summed E-state index contributed by atoms with van der Waals surface area (Å²) in [6.45, 7) is 4.88. The molecule has 2 aromatic heterocycles. The number of hydrogen-bond acceptors (Lipinski definition) is 7. The first-order chi connectivity index (χ1) is 20.3. The van der Waals surface area contributed by atoms with Crippen LogP contribution in [0.5, 0.6) is 11.5 Å². The van der Waals surface area contributed by atoms with E-state index in [1.165, 1.54) is 10.9 Å². The molecule has 0 saturated carbocycles. The number of fused-ring (bicyclic) bond motifs is 1. The molecule has 3 N–H and O–H groups in total. The van der Waals surface area contributed by atoms with Crippen LogP contribution in [0.4, 0.5) is 5.82 Å². The molecule has 210 valence electrons. The van der Waals surface area contributed by atoms with Crippen molar-refractivity contribution >= 4 is 28.4 Å². The van der Waals surface area contributed by atoms with Crippen LogP contribution in [0.25, 0.3) is 16.6 Å². The van der Waals surface area contributed by atoms with E-state index in [4.69, 9.17) is 15.7 Å². The van der Waals surface area contributed by atoms with Gasteiger partial charge < -0.3 is 25.3 Å². The molecule has 0 radical (unpaired) electrons. The zero-order valence-electron chi connectivity index (χ0n) is 23.3. The SMILES string of the molecule is Cc1cc(Oc2cccc(C#N)c2)ccc1-n1ncc(C(=O)c2cc3c(C(=O)N4CCN(C)CC4)cccc3[nH]2)c1N. The number of ketones is 1. The van der Waals surface area contributed by atoms with E-state index in [9.17, 15) is 9.59 Å². The Labute approximate surface area is 242 Å². The first-order valence-corrected chi connectivity index (χ1v) is 13.6. The van der Waals surface area contributed by atoms with Gasteiger partial charge >= 0.3 is 0 Å². The fourth-order valence-corrected chi connectivity index (χ4v) is 5.21. The Hall–Kier alpha value is -5.40. The molecular weight excluding hydrogens is 530 g/mol. The number of carbonyl (C=O) groups excluding carboxylic acids is 2. The number of aromatic nitrogens is 3. The van der Waals surface area contributed by atoms with Crippen LogP contribution in [0.1, 0.15) is 37.5 Å². The number of likely N-dealkylation sites (N-methyl/N-ethyl adjacent to an activating group) is 1. The van der Waals surface area contributed by atoms with E-state index in [0.717, 1.165) is 18.7 Å². The van der Waals surface area contributed by atoms with E-state index in [2.05, 4.69) is 21.1 Å². The monoisotopic (exact) mass is 559 g/mol.